The molecule has 0 heteroatoms. The minimum absolute atomic E-state index is 0.567. The molecule has 0 unspecified atom stereocenters. The van der Waals surface area contributed by atoms with Crippen LogP contribution >= 0.6 is 0 Å². The van der Waals surface area contributed by atoms with Crippen LogP contribution in [0.4, 0.5) is 0 Å². The molecule has 32 heavy (non-hydrogen) atoms. The Morgan fingerprint density at radius 3 is 1.78 bits per heavy atom. The molecule has 0 heterocycles. The fraction of sp³-hybridized carbons (Fsp3) is 0.562. The molecule has 2 aromatic carbocycles. The average Bonchev–Trinajstić information content (AvgIpc) is 2.84. The quantitative estimate of drug-likeness (QED) is 0.247. The molecule has 0 N–H and O–H groups in total. The predicted octanol–water partition coefficient (Wildman–Crippen LogP) is 9.26. The molecule has 0 radical (unpaired) electrons. The summed E-state index contributed by atoms with van der Waals surface area (Å²) in [6.45, 7) is 4.55. The summed E-state index contributed by atoms with van der Waals surface area (Å²) in [6.07, 6.45) is 18.2. The van der Waals surface area contributed by atoms with Gasteiger partial charge < -0.3 is 0 Å². The van der Waals surface area contributed by atoms with Crippen LogP contribution in [0.1, 0.15) is 119 Å². The van der Waals surface area contributed by atoms with Crippen molar-refractivity contribution in [1.82, 2.24) is 0 Å². The van der Waals surface area contributed by atoms with E-state index in [2.05, 4.69) is 74.2 Å². The Kier molecular flexibility index (Phi) is 10.9. The molecule has 1 fully saturated rings. The molecule has 0 aliphatic heterocycles. The maximum Gasteiger partial charge on any atom is 0.0245 e. The lowest BCUT2D eigenvalue weighted by atomic mass is 9.78. The van der Waals surface area contributed by atoms with E-state index in [4.69, 9.17) is 0 Å². The Labute approximate surface area is 198 Å². The molecular formula is C32H44. The van der Waals surface area contributed by atoms with Crippen molar-refractivity contribution in [1.29, 1.82) is 0 Å². The van der Waals surface area contributed by atoms with E-state index in [0.717, 1.165) is 5.92 Å². The van der Waals surface area contributed by atoms with Gasteiger partial charge >= 0.3 is 0 Å². The Morgan fingerprint density at radius 2 is 1.16 bits per heavy atom. The van der Waals surface area contributed by atoms with Crippen LogP contribution < -0.4 is 0 Å². The number of unbranched alkanes of at least 4 members (excludes halogenated alkanes) is 6. The van der Waals surface area contributed by atoms with Crippen molar-refractivity contribution in [3.05, 3.63) is 70.8 Å². The Hall–Kier alpha value is -2.00. The first-order chi connectivity index (χ1) is 15.8. The molecule has 0 aromatic heterocycles. The van der Waals surface area contributed by atoms with Crippen molar-refractivity contribution in [2.45, 2.75) is 110 Å². The van der Waals surface area contributed by atoms with E-state index >= 15 is 0 Å². The second kappa shape index (κ2) is 14.2. The first kappa shape index (κ1) is 24.6. The lowest BCUT2D eigenvalue weighted by molar-refractivity contribution is 0.384. The summed E-state index contributed by atoms with van der Waals surface area (Å²) in [4.78, 5) is 0. The van der Waals surface area contributed by atoms with E-state index in [0.29, 0.717) is 5.92 Å². The van der Waals surface area contributed by atoms with Gasteiger partial charge in [0.05, 0.1) is 0 Å². The summed E-state index contributed by atoms with van der Waals surface area (Å²) in [5, 5.41) is 0. The Balaban J connectivity index is 1.40. The Bertz CT molecular complexity index is 807. The SMILES string of the molecule is CCCCCCCc1ccc(C#CC2CCC(c3ccc(CCCCC)cc3)CC2)cc1. The van der Waals surface area contributed by atoms with Crippen molar-refractivity contribution in [2.24, 2.45) is 5.92 Å². The van der Waals surface area contributed by atoms with Gasteiger partial charge in [0, 0.05) is 11.5 Å². The van der Waals surface area contributed by atoms with Crippen LogP contribution in [0.3, 0.4) is 0 Å². The maximum absolute atomic E-state index is 3.58. The van der Waals surface area contributed by atoms with Gasteiger partial charge in [-0.25, -0.2) is 0 Å². The lowest BCUT2D eigenvalue weighted by Gasteiger charge is -2.26. The average molecular weight is 429 g/mol. The van der Waals surface area contributed by atoms with Crippen molar-refractivity contribution < 1.29 is 0 Å². The van der Waals surface area contributed by atoms with Crippen molar-refractivity contribution in [3.63, 3.8) is 0 Å². The lowest BCUT2D eigenvalue weighted by Crippen LogP contribution is -2.12. The molecule has 0 spiro atoms. The van der Waals surface area contributed by atoms with Crippen LogP contribution in [0, 0.1) is 17.8 Å². The molecule has 0 bridgehead atoms. The number of hydrogen-bond acceptors (Lipinski definition) is 0. The second-order valence-electron chi connectivity index (χ2n) is 9.88. The van der Waals surface area contributed by atoms with Gasteiger partial charge in [0.25, 0.3) is 0 Å². The third-order valence-corrected chi connectivity index (χ3v) is 7.19. The standard InChI is InChI=1S/C32H44/c1-3-5-7-8-10-12-27-13-15-29(16-14-27)17-18-30-21-25-32(26-22-30)31-23-19-28(20-24-31)11-9-6-4-2/h13-16,19-20,23-24,30,32H,3-12,21-22,25-26H2,1-2H3. The van der Waals surface area contributed by atoms with E-state index in [1.54, 1.807) is 5.56 Å². The molecule has 0 amide bonds. The highest BCUT2D eigenvalue weighted by Gasteiger charge is 2.21. The van der Waals surface area contributed by atoms with Crippen LogP contribution in [-0.4, -0.2) is 0 Å². The largest absolute Gasteiger partial charge is 0.0945 e. The first-order valence-electron chi connectivity index (χ1n) is 13.5. The fourth-order valence-electron chi connectivity index (χ4n) is 4.98. The highest BCUT2D eigenvalue weighted by atomic mass is 14.2. The molecule has 0 nitrogen and oxygen atoms in total. The van der Waals surface area contributed by atoms with Crippen LogP contribution in [0.2, 0.25) is 0 Å². The number of rotatable bonds is 11. The number of hydrogen-bond donors (Lipinski definition) is 0. The van der Waals surface area contributed by atoms with Crippen molar-refractivity contribution in [3.8, 4) is 11.8 Å². The van der Waals surface area contributed by atoms with Gasteiger partial charge in [0.2, 0.25) is 0 Å². The van der Waals surface area contributed by atoms with Gasteiger partial charge in [-0.3, -0.25) is 0 Å². The smallest absolute Gasteiger partial charge is 0.0245 e. The molecule has 1 aliphatic rings. The summed E-state index contributed by atoms with van der Waals surface area (Å²) in [5.41, 5.74) is 5.69. The fourth-order valence-corrected chi connectivity index (χ4v) is 4.98. The number of aryl methyl sites for hydroxylation is 2. The third-order valence-electron chi connectivity index (χ3n) is 7.19. The third kappa shape index (κ3) is 8.50. The normalized spacial score (nSPS) is 18.2. The molecule has 0 atom stereocenters. The first-order valence-corrected chi connectivity index (χ1v) is 13.5. The van der Waals surface area contributed by atoms with Gasteiger partial charge in [0.15, 0.2) is 0 Å². The second-order valence-corrected chi connectivity index (χ2v) is 9.88. The van der Waals surface area contributed by atoms with Gasteiger partial charge in [-0.1, -0.05) is 101 Å². The summed E-state index contributed by atoms with van der Waals surface area (Å²) < 4.78 is 0. The van der Waals surface area contributed by atoms with Gasteiger partial charge in [-0.05, 0) is 86.1 Å². The molecule has 2 aromatic rings. The van der Waals surface area contributed by atoms with E-state index in [9.17, 15) is 0 Å². The zero-order chi connectivity index (χ0) is 22.4. The highest BCUT2D eigenvalue weighted by Crippen LogP contribution is 2.35. The van der Waals surface area contributed by atoms with E-state index in [1.807, 2.05) is 0 Å². The highest BCUT2D eigenvalue weighted by molar-refractivity contribution is 5.37. The van der Waals surface area contributed by atoms with Crippen LogP contribution in [-0.2, 0) is 12.8 Å². The van der Waals surface area contributed by atoms with Gasteiger partial charge in [-0.15, -0.1) is 0 Å². The van der Waals surface area contributed by atoms with Crippen LogP contribution in [0.5, 0.6) is 0 Å². The molecule has 1 saturated carbocycles. The summed E-state index contributed by atoms with van der Waals surface area (Å²) in [5.74, 6) is 8.34. The van der Waals surface area contributed by atoms with Crippen LogP contribution in [0.25, 0.3) is 0 Å². The molecule has 0 saturated heterocycles. The van der Waals surface area contributed by atoms with E-state index < -0.39 is 0 Å². The molecule has 3 rings (SSSR count). The van der Waals surface area contributed by atoms with E-state index in [-0.39, 0.29) is 0 Å². The monoisotopic (exact) mass is 428 g/mol. The molecular weight excluding hydrogens is 384 g/mol. The topological polar surface area (TPSA) is 0 Å². The Morgan fingerprint density at radius 1 is 0.625 bits per heavy atom. The summed E-state index contributed by atoms with van der Waals surface area (Å²) in [6, 6.07) is 18.5. The van der Waals surface area contributed by atoms with Gasteiger partial charge in [-0.2, -0.15) is 0 Å². The van der Waals surface area contributed by atoms with Crippen molar-refractivity contribution >= 4 is 0 Å². The zero-order valence-electron chi connectivity index (χ0n) is 20.7. The van der Waals surface area contributed by atoms with Crippen molar-refractivity contribution in [2.75, 3.05) is 0 Å². The predicted molar refractivity (Wildman–Crippen MR) is 140 cm³/mol. The van der Waals surface area contributed by atoms with Crippen LogP contribution in [0.15, 0.2) is 48.5 Å². The maximum atomic E-state index is 3.58. The van der Waals surface area contributed by atoms with E-state index in [1.165, 1.54) is 107 Å². The minimum Gasteiger partial charge on any atom is -0.0945 e. The summed E-state index contributed by atoms with van der Waals surface area (Å²) >= 11 is 0. The molecule has 172 valence electrons. The van der Waals surface area contributed by atoms with Gasteiger partial charge in [0.1, 0.15) is 0 Å². The molecule has 1 aliphatic carbocycles. The zero-order valence-corrected chi connectivity index (χ0v) is 20.7. The summed E-state index contributed by atoms with van der Waals surface area (Å²) in [7, 11) is 0. The number of benzene rings is 2. The minimum atomic E-state index is 0.567.